The van der Waals surface area contributed by atoms with Gasteiger partial charge in [0.25, 0.3) is 5.91 Å². The largest absolute Gasteiger partial charge is 0.484 e. The lowest BCUT2D eigenvalue weighted by atomic mass is 10.1. The van der Waals surface area contributed by atoms with Gasteiger partial charge in [0.05, 0.1) is 6.21 Å². The standard InChI is InChI=1S/C26H26N4O4/c1-18-7-6-8-19(2)24(18)29-23(31)17-34-22-13-11-21(12-14-22)16-28-30-26(33)25(32)27-15-20-9-4-3-5-10-20/h3-14,16H,15,17H2,1-2H3,(H,27,32)(H,29,31)(H,30,33)/b28-16-. The number of hydrogen-bond acceptors (Lipinski definition) is 5. The van der Waals surface area contributed by atoms with Crippen molar-refractivity contribution in [2.24, 2.45) is 5.10 Å². The zero-order valence-corrected chi connectivity index (χ0v) is 19.0. The van der Waals surface area contributed by atoms with E-state index in [4.69, 9.17) is 4.74 Å². The molecule has 0 unspecified atom stereocenters. The molecule has 0 spiro atoms. The van der Waals surface area contributed by atoms with Crippen molar-refractivity contribution in [3.63, 3.8) is 0 Å². The van der Waals surface area contributed by atoms with Crippen LogP contribution in [0.5, 0.6) is 5.75 Å². The Morgan fingerprint density at radius 2 is 1.53 bits per heavy atom. The maximum absolute atomic E-state index is 12.2. The van der Waals surface area contributed by atoms with Gasteiger partial charge in [-0.3, -0.25) is 14.4 Å². The number of nitrogens with zero attached hydrogens (tertiary/aromatic N) is 1. The number of amides is 3. The summed E-state index contributed by atoms with van der Waals surface area (Å²) in [4.78, 5) is 35.9. The Kier molecular flexibility index (Phi) is 8.51. The first-order chi connectivity index (χ1) is 16.4. The Bertz CT molecular complexity index is 1150. The summed E-state index contributed by atoms with van der Waals surface area (Å²) in [6.45, 7) is 3.99. The summed E-state index contributed by atoms with van der Waals surface area (Å²) < 4.78 is 5.53. The molecule has 3 aromatic carbocycles. The van der Waals surface area contributed by atoms with Crippen LogP contribution in [0.1, 0.15) is 22.3 Å². The van der Waals surface area contributed by atoms with Crippen LogP contribution < -0.4 is 20.8 Å². The first-order valence-corrected chi connectivity index (χ1v) is 10.7. The Hall–Kier alpha value is -4.46. The van der Waals surface area contributed by atoms with Crippen LogP contribution in [0, 0.1) is 13.8 Å². The molecule has 34 heavy (non-hydrogen) atoms. The molecular weight excluding hydrogens is 432 g/mol. The van der Waals surface area contributed by atoms with E-state index in [-0.39, 0.29) is 19.1 Å². The molecule has 3 amide bonds. The Labute approximate surface area is 198 Å². The van der Waals surface area contributed by atoms with E-state index in [2.05, 4.69) is 21.2 Å². The molecular formula is C26H26N4O4. The van der Waals surface area contributed by atoms with Crippen molar-refractivity contribution in [3.8, 4) is 5.75 Å². The molecule has 0 saturated heterocycles. The van der Waals surface area contributed by atoms with E-state index < -0.39 is 11.8 Å². The summed E-state index contributed by atoms with van der Waals surface area (Å²) in [5.74, 6) is -1.37. The van der Waals surface area contributed by atoms with E-state index in [1.807, 2.05) is 62.4 Å². The van der Waals surface area contributed by atoms with Gasteiger partial charge in [-0.1, -0.05) is 48.5 Å². The zero-order chi connectivity index (χ0) is 24.3. The minimum atomic E-state index is -0.859. The molecule has 0 aromatic heterocycles. The van der Waals surface area contributed by atoms with Crippen molar-refractivity contribution in [2.45, 2.75) is 20.4 Å². The number of para-hydroxylation sites is 1. The Morgan fingerprint density at radius 1 is 0.853 bits per heavy atom. The van der Waals surface area contributed by atoms with Crippen molar-refractivity contribution in [2.75, 3.05) is 11.9 Å². The average molecular weight is 459 g/mol. The second-order valence-electron chi connectivity index (χ2n) is 7.54. The summed E-state index contributed by atoms with van der Waals surface area (Å²) in [7, 11) is 0. The highest BCUT2D eigenvalue weighted by atomic mass is 16.5. The third-order valence-corrected chi connectivity index (χ3v) is 4.88. The van der Waals surface area contributed by atoms with Crippen molar-refractivity contribution in [1.82, 2.24) is 10.7 Å². The normalized spacial score (nSPS) is 10.5. The number of carbonyl (C=O) groups excluding carboxylic acids is 3. The van der Waals surface area contributed by atoms with Crippen LogP contribution in [-0.4, -0.2) is 30.5 Å². The molecule has 3 N–H and O–H groups in total. The summed E-state index contributed by atoms with van der Waals surface area (Å²) in [5, 5.41) is 9.19. The molecule has 0 heterocycles. The van der Waals surface area contributed by atoms with Gasteiger partial charge in [0.2, 0.25) is 0 Å². The SMILES string of the molecule is Cc1cccc(C)c1NC(=O)COc1ccc(/C=N\NC(=O)C(=O)NCc2ccccc2)cc1. The molecule has 0 saturated carbocycles. The number of nitrogens with one attached hydrogen (secondary N) is 3. The molecule has 0 aliphatic carbocycles. The van der Waals surface area contributed by atoms with Crippen LogP contribution in [0.25, 0.3) is 0 Å². The summed E-state index contributed by atoms with van der Waals surface area (Å²) in [6.07, 6.45) is 1.40. The third kappa shape index (κ3) is 7.30. The lowest BCUT2D eigenvalue weighted by Gasteiger charge is -2.12. The van der Waals surface area contributed by atoms with E-state index in [9.17, 15) is 14.4 Å². The highest BCUT2D eigenvalue weighted by Gasteiger charge is 2.12. The molecule has 8 heteroatoms. The number of ether oxygens (including phenoxy) is 1. The summed E-state index contributed by atoms with van der Waals surface area (Å²) in [6, 6.07) is 21.9. The minimum absolute atomic E-state index is 0.130. The number of benzene rings is 3. The molecule has 0 bridgehead atoms. The molecule has 0 aliphatic rings. The quantitative estimate of drug-likeness (QED) is 0.274. The number of carbonyl (C=O) groups is 3. The molecule has 0 radical (unpaired) electrons. The van der Waals surface area contributed by atoms with Crippen molar-refractivity contribution >= 4 is 29.6 Å². The first kappa shape index (κ1) is 24.2. The molecule has 174 valence electrons. The van der Waals surface area contributed by atoms with E-state index >= 15 is 0 Å². The van der Waals surface area contributed by atoms with Crippen molar-refractivity contribution in [1.29, 1.82) is 0 Å². The molecule has 0 fully saturated rings. The lowest BCUT2D eigenvalue weighted by molar-refractivity contribution is -0.139. The van der Waals surface area contributed by atoms with Gasteiger partial charge in [-0.25, -0.2) is 5.43 Å². The van der Waals surface area contributed by atoms with Gasteiger partial charge in [-0.05, 0) is 60.4 Å². The highest BCUT2D eigenvalue weighted by molar-refractivity contribution is 6.35. The number of hydrazone groups is 1. The monoisotopic (exact) mass is 458 g/mol. The number of hydrogen-bond donors (Lipinski definition) is 3. The van der Waals surface area contributed by atoms with Crippen LogP contribution in [0.2, 0.25) is 0 Å². The van der Waals surface area contributed by atoms with Crippen molar-refractivity contribution in [3.05, 3.63) is 95.1 Å². The molecule has 8 nitrogen and oxygen atoms in total. The predicted molar refractivity (Wildman–Crippen MR) is 131 cm³/mol. The maximum Gasteiger partial charge on any atom is 0.329 e. The van der Waals surface area contributed by atoms with E-state index in [0.29, 0.717) is 11.3 Å². The van der Waals surface area contributed by atoms with Crippen LogP contribution in [-0.2, 0) is 20.9 Å². The fourth-order valence-corrected chi connectivity index (χ4v) is 3.06. The smallest absolute Gasteiger partial charge is 0.329 e. The topological polar surface area (TPSA) is 109 Å². The van der Waals surface area contributed by atoms with Gasteiger partial charge in [0.15, 0.2) is 6.61 Å². The van der Waals surface area contributed by atoms with Crippen LogP contribution in [0.15, 0.2) is 77.9 Å². The van der Waals surface area contributed by atoms with E-state index in [1.54, 1.807) is 24.3 Å². The van der Waals surface area contributed by atoms with Crippen LogP contribution in [0.3, 0.4) is 0 Å². The first-order valence-electron chi connectivity index (χ1n) is 10.7. The summed E-state index contributed by atoms with van der Waals surface area (Å²) in [5.41, 5.74) is 6.51. The fourth-order valence-electron chi connectivity index (χ4n) is 3.06. The minimum Gasteiger partial charge on any atom is -0.484 e. The maximum atomic E-state index is 12.2. The molecule has 0 atom stereocenters. The second-order valence-corrected chi connectivity index (χ2v) is 7.54. The lowest BCUT2D eigenvalue weighted by Crippen LogP contribution is -2.37. The molecule has 0 aliphatic heterocycles. The summed E-state index contributed by atoms with van der Waals surface area (Å²) >= 11 is 0. The van der Waals surface area contributed by atoms with Crippen LogP contribution >= 0.6 is 0 Å². The number of aryl methyl sites for hydroxylation is 2. The van der Waals surface area contributed by atoms with Gasteiger partial charge >= 0.3 is 11.8 Å². The molecule has 3 rings (SSSR count). The number of rotatable bonds is 8. The highest BCUT2D eigenvalue weighted by Crippen LogP contribution is 2.19. The number of anilines is 1. The van der Waals surface area contributed by atoms with E-state index in [0.717, 1.165) is 22.4 Å². The molecule has 3 aromatic rings. The Balaban J connectivity index is 1.42. The van der Waals surface area contributed by atoms with Crippen molar-refractivity contribution < 1.29 is 19.1 Å². The third-order valence-electron chi connectivity index (χ3n) is 4.88. The average Bonchev–Trinajstić information content (AvgIpc) is 2.85. The van der Waals surface area contributed by atoms with Gasteiger partial charge in [0.1, 0.15) is 5.75 Å². The zero-order valence-electron chi connectivity index (χ0n) is 19.0. The van der Waals surface area contributed by atoms with Gasteiger partial charge < -0.3 is 15.4 Å². The van der Waals surface area contributed by atoms with Gasteiger partial charge in [-0.2, -0.15) is 5.10 Å². The Morgan fingerprint density at radius 3 is 2.21 bits per heavy atom. The van der Waals surface area contributed by atoms with Gasteiger partial charge in [-0.15, -0.1) is 0 Å². The second kappa shape index (κ2) is 12.0. The van der Waals surface area contributed by atoms with Crippen LogP contribution in [0.4, 0.5) is 5.69 Å². The fraction of sp³-hybridized carbons (Fsp3) is 0.154. The van der Waals surface area contributed by atoms with E-state index in [1.165, 1.54) is 6.21 Å². The van der Waals surface area contributed by atoms with Gasteiger partial charge in [0, 0.05) is 12.2 Å². The predicted octanol–water partition coefficient (Wildman–Crippen LogP) is 3.09.